The monoisotopic (exact) mass is 400 g/mol. The molecule has 0 atom stereocenters. The number of hydrogen-bond donors (Lipinski definition) is 2. The summed E-state index contributed by atoms with van der Waals surface area (Å²) >= 11 is 0. The van der Waals surface area contributed by atoms with E-state index in [1.165, 1.54) is 0 Å². The molecule has 5 rings (SSSR count). The summed E-state index contributed by atoms with van der Waals surface area (Å²) < 4.78 is 29.1. The van der Waals surface area contributed by atoms with Crippen LogP contribution >= 0.6 is 0 Å². The summed E-state index contributed by atoms with van der Waals surface area (Å²) in [6, 6.07) is 21.7. The van der Waals surface area contributed by atoms with Crippen molar-refractivity contribution in [1.82, 2.24) is 15.0 Å². The largest absolute Gasteiger partial charge is 0.338 e. The number of aromatic nitrogens is 3. The maximum atomic E-state index is 13.2. The highest BCUT2D eigenvalue weighted by molar-refractivity contribution is 7.93. The number of nitrogens with one attached hydrogen (secondary N) is 2. The molecule has 0 aliphatic rings. The fourth-order valence-electron chi connectivity index (χ4n) is 3.39. The number of anilines is 1. The molecule has 0 radical (unpaired) electrons. The molecule has 0 aliphatic heterocycles. The van der Waals surface area contributed by atoms with Gasteiger partial charge < -0.3 is 4.98 Å². The minimum Gasteiger partial charge on any atom is -0.338 e. The van der Waals surface area contributed by atoms with Crippen LogP contribution in [0.2, 0.25) is 0 Å². The Bertz CT molecular complexity index is 1420. The van der Waals surface area contributed by atoms with Crippen LogP contribution in [0.1, 0.15) is 0 Å². The Morgan fingerprint density at radius 2 is 1.69 bits per heavy atom. The highest BCUT2D eigenvalue weighted by Gasteiger charge is 2.20. The van der Waals surface area contributed by atoms with E-state index in [2.05, 4.69) is 19.7 Å². The van der Waals surface area contributed by atoms with E-state index >= 15 is 0 Å². The van der Waals surface area contributed by atoms with Gasteiger partial charge in [-0.3, -0.25) is 9.71 Å². The lowest BCUT2D eigenvalue weighted by molar-refractivity contribution is 0.602. The standard InChI is InChI=1S/C22H16N4O2S/c27-29(28,21-11-5-6-15-14-23-13-12-16(15)21)26-18-8-2-1-7-17(18)22-24-19-9-3-4-10-20(19)25-22/h1-14,26H,(H,24,25). The van der Waals surface area contributed by atoms with Crippen molar-refractivity contribution < 1.29 is 8.42 Å². The molecule has 0 spiro atoms. The quantitative estimate of drug-likeness (QED) is 0.462. The van der Waals surface area contributed by atoms with Gasteiger partial charge in [-0.2, -0.15) is 0 Å². The molecule has 2 aromatic heterocycles. The Kier molecular flexibility index (Phi) is 4.03. The summed E-state index contributed by atoms with van der Waals surface area (Å²) in [7, 11) is -3.82. The zero-order valence-corrected chi connectivity index (χ0v) is 16.0. The van der Waals surface area contributed by atoms with Gasteiger partial charge in [0.15, 0.2) is 0 Å². The number of pyridine rings is 1. The number of aromatic amines is 1. The third-order valence-corrected chi connectivity index (χ3v) is 6.17. The fraction of sp³-hybridized carbons (Fsp3) is 0. The van der Waals surface area contributed by atoms with Gasteiger partial charge in [0, 0.05) is 28.7 Å². The van der Waals surface area contributed by atoms with Gasteiger partial charge in [0.1, 0.15) is 5.82 Å². The first-order valence-corrected chi connectivity index (χ1v) is 10.5. The maximum Gasteiger partial charge on any atom is 0.262 e. The zero-order chi connectivity index (χ0) is 19.8. The van der Waals surface area contributed by atoms with Crippen LogP contribution in [0, 0.1) is 0 Å². The average Bonchev–Trinajstić information content (AvgIpc) is 3.17. The lowest BCUT2D eigenvalue weighted by Crippen LogP contribution is -2.14. The van der Waals surface area contributed by atoms with Crippen molar-refractivity contribution >= 4 is 37.5 Å². The van der Waals surface area contributed by atoms with Crippen LogP contribution in [-0.2, 0) is 10.0 Å². The summed E-state index contributed by atoms with van der Waals surface area (Å²) in [6.07, 6.45) is 3.24. The van der Waals surface area contributed by atoms with Crippen LogP contribution in [0.15, 0.2) is 90.1 Å². The minimum atomic E-state index is -3.82. The van der Waals surface area contributed by atoms with Crippen molar-refractivity contribution in [1.29, 1.82) is 0 Å². The fourth-order valence-corrected chi connectivity index (χ4v) is 4.70. The second-order valence-corrected chi connectivity index (χ2v) is 8.26. The van der Waals surface area contributed by atoms with Gasteiger partial charge in [-0.05, 0) is 36.4 Å². The molecular weight excluding hydrogens is 384 g/mol. The second kappa shape index (κ2) is 6.72. The molecule has 2 heterocycles. The Labute approximate surface area is 167 Å². The van der Waals surface area contributed by atoms with E-state index in [0.29, 0.717) is 22.5 Å². The number of fused-ring (bicyclic) bond motifs is 2. The molecule has 7 heteroatoms. The smallest absolute Gasteiger partial charge is 0.262 e. The van der Waals surface area contributed by atoms with E-state index < -0.39 is 10.0 Å². The molecule has 2 N–H and O–H groups in total. The average molecular weight is 400 g/mol. The predicted molar refractivity (Wildman–Crippen MR) is 114 cm³/mol. The SMILES string of the molecule is O=S(=O)(Nc1ccccc1-c1nc2ccccc2[nH]1)c1cccc2cnccc12. The number of hydrogen-bond acceptors (Lipinski definition) is 4. The number of H-pyrrole nitrogens is 1. The van der Waals surface area contributed by atoms with E-state index in [0.717, 1.165) is 16.4 Å². The third-order valence-electron chi connectivity index (χ3n) is 4.75. The molecular formula is C22H16N4O2S. The maximum absolute atomic E-state index is 13.2. The van der Waals surface area contributed by atoms with E-state index in [9.17, 15) is 8.42 Å². The summed E-state index contributed by atoms with van der Waals surface area (Å²) in [5, 5.41) is 1.39. The van der Waals surface area contributed by atoms with Crippen LogP contribution in [0.4, 0.5) is 5.69 Å². The molecule has 0 unspecified atom stereocenters. The molecule has 142 valence electrons. The second-order valence-electron chi connectivity index (χ2n) is 6.61. The van der Waals surface area contributed by atoms with E-state index in [1.807, 2.05) is 42.5 Å². The summed E-state index contributed by atoms with van der Waals surface area (Å²) in [5.41, 5.74) is 2.84. The molecule has 0 aliphatic carbocycles. The Morgan fingerprint density at radius 3 is 2.59 bits per heavy atom. The molecule has 0 saturated carbocycles. The molecule has 0 bridgehead atoms. The molecule has 5 aromatic rings. The normalized spacial score (nSPS) is 11.7. The highest BCUT2D eigenvalue weighted by atomic mass is 32.2. The van der Waals surface area contributed by atoms with E-state index in [4.69, 9.17) is 0 Å². The summed E-state index contributed by atoms with van der Waals surface area (Å²) in [6.45, 7) is 0. The first-order valence-electron chi connectivity index (χ1n) is 9.01. The van der Waals surface area contributed by atoms with Gasteiger partial charge in [-0.1, -0.05) is 36.4 Å². The molecule has 0 saturated heterocycles. The molecule has 0 amide bonds. The number of rotatable bonds is 4. The van der Waals surface area contributed by atoms with Gasteiger partial charge in [0.2, 0.25) is 0 Å². The van der Waals surface area contributed by atoms with Crippen LogP contribution in [0.3, 0.4) is 0 Å². The first-order chi connectivity index (χ1) is 14.1. The van der Waals surface area contributed by atoms with Gasteiger partial charge in [0.25, 0.3) is 10.0 Å². The Morgan fingerprint density at radius 1 is 0.862 bits per heavy atom. The lowest BCUT2D eigenvalue weighted by atomic mass is 10.2. The van der Waals surface area contributed by atoms with Crippen molar-refractivity contribution in [2.45, 2.75) is 4.90 Å². The first kappa shape index (κ1) is 17.4. The number of sulfonamides is 1. The summed E-state index contributed by atoms with van der Waals surface area (Å²) in [5.74, 6) is 0.603. The topological polar surface area (TPSA) is 87.7 Å². The molecule has 3 aromatic carbocycles. The van der Waals surface area contributed by atoms with E-state index in [-0.39, 0.29) is 4.90 Å². The minimum absolute atomic E-state index is 0.205. The highest BCUT2D eigenvalue weighted by Crippen LogP contribution is 2.30. The Hall–Kier alpha value is -3.71. The summed E-state index contributed by atoms with van der Waals surface area (Å²) in [4.78, 5) is 12.1. The predicted octanol–water partition coefficient (Wildman–Crippen LogP) is 4.58. The van der Waals surface area contributed by atoms with E-state index in [1.54, 1.807) is 42.7 Å². The molecule has 0 fully saturated rings. The van der Waals surface area contributed by atoms with Crippen molar-refractivity contribution in [3.8, 4) is 11.4 Å². The van der Waals surface area contributed by atoms with Crippen molar-refractivity contribution in [3.63, 3.8) is 0 Å². The van der Waals surface area contributed by atoms with Gasteiger partial charge >= 0.3 is 0 Å². The molecule has 6 nitrogen and oxygen atoms in total. The Balaban J connectivity index is 1.60. The number of para-hydroxylation sites is 3. The van der Waals surface area contributed by atoms with Crippen LogP contribution in [0.25, 0.3) is 33.2 Å². The van der Waals surface area contributed by atoms with Crippen molar-refractivity contribution in [2.75, 3.05) is 4.72 Å². The van der Waals surface area contributed by atoms with Crippen LogP contribution < -0.4 is 4.72 Å². The van der Waals surface area contributed by atoms with Crippen LogP contribution in [-0.4, -0.2) is 23.4 Å². The third kappa shape index (κ3) is 3.11. The molecule has 29 heavy (non-hydrogen) atoms. The van der Waals surface area contributed by atoms with Crippen LogP contribution in [0.5, 0.6) is 0 Å². The van der Waals surface area contributed by atoms with Crippen molar-refractivity contribution in [3.05, 3.63) is 85.2 Å². The van der Waals surface area contributed by atoms with Gasteiger partial charge in [-0.25, -0.2) is 13.4 Å². The lowest BCUT2D eigenvalue weighted by Gasteiger charge is -2.13. The number of imidazole rings is 1. The number of nitrogens with zero attached hydrogens (tertiary/aromatic N) is 2. The van der Waals surface area contributed by atoms with Gasteiger partial charge in [0.05, 0.1) is 21.6 Å². The number of benzene rings is 3. The zero-order valence-electron chi connectivity index (χ0n) is 15.2. The van der Waals surface area contributed by atoms with Crippen molar-refractivity contribution in [2.24, 2.45) is 0 Å². The van der Waals surface area contributed by atoms with Gasteiger partial charge in [-0.15, -0.1) is 0 Å².